The van der Waals surface area contributed by atoms with Crippen molar-refractivity contribution < 1.29 is 33.2 Å². The third-order valence-corrected chi connectivity index (χ3v) is 9.32. The zero-order valence-electron chi connectivity index (χ0n) is 22.2. The first-order valence-corrected chi connectivity index (χ1v) is 14.9. The number of rotatable bonds is 12. The van der Waals surface area contributed by atoms with Gasteiger partial charge in [-0.15, -0.1) is 11.8 Å². The molecule has 41 heavy (non-hydrogen) atoms. The van der Waals surface area contributed by atoms with Crippen molar-refractivity contribution >= 4 is 37.3 Å². The van der Waals surface area contributed by atoms with Crippen molar-refractivity contribution in [3.63, 3.8) is 0 Å². The quantitative estimate of drug-likeness (QED) is 0.138. The molecule has 0 bridgehead atoms. The number of amidine groups is 1. The van der Waals surface area contributed by atoms with Crippen LogP contribution in [0.4, 0.5) is 5.95 Å². The summed E-state index contributed by atoms with van der Waals surface area (Å²) in [5.41, 5.74) is 6.00. The average molecular weight is 608 g/mol. The van der Waals surface area contributed by atoms with Crippen molar-refractivity contribution in [1.82, 2.24) is 19.5 Å². The van der Waals surface area contributed by atoms with Gasteiger partial charge in [-0.1, -0.05) is 29.8 Å². The van der Waals surface area contributed by atoms with E-state index in [4.69, 9.17) is 19.5 Å². The number of imidazole rings is 1. The predicted octanol–water partition coefficient (Wildman–Crippen LogP) is 2.40. The van der Waals surface area contributed by atoms with Crippen LogP contribution in [0, 0.1) is 10.1 Å². The van der Waals surface area contributed by atoms with Crippen LogP contribution in [0.15, 0.2) is 66.2 Å². The van der Waals surface area contributed by atoms with Gasteiger partial charge in [0, 0.05) is 12.6 Å². The number of thioether (sulfide) groups is 1. The molecule has 4 rings (SSSR count). The number of carbonyl (C=O) groups is 1. The van der Waals surface area contributed by atoms with E-state index in [2.05, 4.69) is 21.6 Å². The van der Waals surface area contributed by atoms with E-state index in [1.54, 1.807) is 47.5 Å². The molecule has 2 aliphatic rings. The van der Waals surface area contributed by atoms with Crippen molar-refractivity contribution in [2.24, 2.45) is 17.8 Å². The minimum Gasteiger partial charge on any atom is -0.456 e. The Morgan fingerprint density at radius 3 is 2.80 bits per heavy atom. The number of nitrogens with zero attached hydrogens (tertiary/aromatic N) is 5. The van der Waals surface area contributed by atoms with Gasteiger partial charge in [-0.05, 0) is 30.1 Å². The number of aliphatic hydroxyl groups excluding tert-OH is 1. The van der Waals surface area contributed by atoms with Gasteiger partial charge in [-0.2, -0.15) is 5.09 Å². The molecule has 1 saturated heterocycles. The highest BCUT2D eigenvalue weighted by Gasteiger charge is 2.40. The van der Waals surface area contributed by atoms with Gasteiger partial charge in [0.1, 0.15) is 36.3 Å². The fourth-order valence-corrected chi connectivity index (χ4v) is 7.05. The highest BCUT2D eigenvalue weighted by atomic mass is 32.2. The van der Waals surface area contributed by atoms with Crippen molar-refractivity contribution in [2.75, 3.05) is 6.61 Å². The van der Waals surface area contributed by atoms with E-state index in [0.29, 0.717) is 23.8 Å². The second-order valence-electron chi connectivity index (χ2n) is 9.13. The van der Waals surface area contributed by atoms with Crippen LogP contribution in [-0.4, -0.2) is 65.7 Å². The Hall–Kier alpha value is -3.69. The van der Waals surface area contributed by atoms with Gasteiger partial charge in [-0.3, -0.25) is 9.32 Å². The number of nitrogens with one attached hydrogen (secondary N) is 1. The molecule has 0 aliphatic carbocycles. The molecule has 1 fully saturated rings. The van der Waals surface area contributed by atoms with Crippen LogP contribution in [0.2, 0.25) is 0 Å². The number of aliphatic hydroxyl groups is 1. The number of hydrogen-bond acceptors (Lipinski definition) is 13. The lowest BCUT2D eigenvalue weighted by Gasteiger charge is -2.28. The summed E-state index contributed by atoms with van der Waals surface area (Å²) in [5.74, 6) is -0.213. The molecule has 220 valence electrons. The van der Waals surface area contributed by atoms with Crippen LogP contribution in [-0.2, 0) is 32.3 Å². The van der Waals surface area contributed by atoms with Crippen LogP contribution < -0.4 is 15.3 Å². The van der Waals surface area contributed by atoms with E-state index in [0.717, 1.165) is 0 Å². The highest BCUT2D eigenvalue weighted by molar-refractivity contribution is 8.00. The molecule has 3 heterocycles. The molecule has 1 aromatic heterocycles. The minimum absolute atomic E-state index is 0.171. The lowest BCUT2D eigenvalue weighted by atomic mass is 10.2. The van der Waals surface area contributed by atoms with Crippen LogP contribution in [0.3, 0.4) is 0 Å². The molecule has 0 amide bonds. The molecule has 4 N–H and O–H groups in total. The van der Waals surface area contributed by atoms with Crippen LogP contribution in [0.5, 0.6) is 5.75 Å². The molecule has 17 heteroatoms. The van der Waals surface area contributed by atoms with Crippen LogP contribution in [0.25, 0.3) is 0 Å². The molecule has 0 spiro atoms. The largest absolute Gasteiger partial charge is 0.459 e. The summed E-state index contributed by atoms with van der Waals surface area (Å²) in [4.78, 5) is 32.7. The molecule has 15 nitrogen and oxygen atoms in total. The van der Waals surface area contributed by atoms with Crippen LogP contribution >= 0.6 is 19.5 Å². The topological polar surface area (TPSA) is 197 Å². The van der Waals surface area contributed by atoms with Crippen molar-refractivity contribution in [2.45, 2.75) is 42.7 Å². The van der Waals surface area contributed by atoms with Gasteiger partial charge in [0.15, 0.2) is 5.69 Å². The standard InChI is InChI=1S/C24H30N7O8PS/c1-15(23(33)37-13-17-12-26-24(29(17)3)31(34)35)28-40(36,39-18-7-5-4-6-8-18)38-14-20-19(32)11-22(41-20)30-10-9-21(25)27-16(30)2/h4-10,12,15,19-20,22,32H,2,11,13-14H2,1,3H3,(H2,25,27)(H,28,36)/t15-,19+,20+,22+,40?/m0/s1. The molecular weight excluding hydrogens is 577 g/mol. The van der Waals surface area contributed by atoms with Crippen molar-refractivity contribution in [1.29, 1.82) is 0 Å². The lowest BCUT2D eigenvalue weighted by Crippen LogP contribution is -2.36. The second kappa shape index (κ2) is 12.9. The fraction of sp³-hybridized carbons (Fsp3) is 0.375. The summed E-state index contributed by atoms with van der Waals surface area (Å²) >= 11 is 1.39. The third-order valence-electron chi connectivity index (χ3n) is 6.14. The van der Waals surface area contributed by atoms with Gasteiger partial charge >= 0.3 is 19.7 Å². The summed E-state index contributed by atoms with van der Waals surface area (Å²) in [5, 5.41) is 23.6. The number of hydrogen-bond donors (Lipinski definition) is 3. The first-order valence-electron chi connectivity index (χ1n) is 12.4. The Labute approximate surface area is 239 Å². The Morgan fingerprint density at radius 1 is 1.41 bits per heavy atom. The summed E-state index contributed by atoms with van der Waals surface area (Å²) in [6.45, 7) is 4.84. The van der Waals surface area contributed by atoms with E-state index in [-0.39, 0.29) is 24.3 Å². The predicted molar refractivity (Wildman–Crippen MR) is 150 cm³/mol. The number of nitro groups is 1. The summed E-state index contributed by atoms with van der Waals surface area (Å²) < 4.78 is 31.7. The fourth-order valence-electron chi connectivity index (χ4n) is 3.96. The lowest BCUT2D eigenvalue weighted by molar-refractivity contribution is -0.396. The maximum Gasteiger partial charge on any atom is 0.459 e. The van der Waals surface area contributed by atoms with E-state index in [9.17, 15) is 24.6 Å². The number of aliphatic imine (C=N–C) groups is 1. The van der Waals surface area contributed by atoms with Gasteiger partial charge in [0.2, 0.25) is 0 Å². The normalized spacial score (nSPS) is 22.6. The van der Waals surface area contributed by atoms with Crippen molar-refractivity contribution in [3.05, 3.63) is 77.0 Å². The van der Waals surface area contributed by atoms with Gasteiger partial charge in [0.25, 0.3) is 0 Å². The summed E-state index contributed by atoms with van der Waals surface area (Å²) in [6.07, 6.45) is 4.16. The first kappa shape index (κ1) is 30.3. The van der Waals surface area contributed by atoms with E-state index >= 15 is 0 Å². The molecule has 0 radical (unpaired) electrons. The number of para-hydroxylation sites is 1. The number of aromatic nitrogens is 2. The van der Waals surface area contributed by atoms with E-state index < -0.39 is 42.0 Å². The Kier molecular flexibility index (Phi) is 9.50. The maximum absolute atomic E-state index is 13.8. The molecule has 2 aliphatic heterocycles. The Balaban J connectivity index is 1.40. The SMILES string of the molecule is C=C1N=C(N)C=CN1[C@H]1C[C@@H](O)[C@@H](COP(=O)(N[C@@H](C)C(=O)OCc2cnc([N+](=O)[O-])n2C)Oc2ccccc2)S1. The zero-order valence-corrected chi connectivity index (χ0v) is 23.9. The zero-order chi connectivity index (χ0) is 29.7. The first-order chi connectivity index (χ1) is 19.5. The van der Waals surface area contributed by atoms with Gasteiger partial charge in [0.05, 0.1) is 30.4 Å². The smallest absolute Gasteiger partial charge is 0.456 e. The molecule has 0 saturated carbocycles. The summed E-state index contributed by atoms with van der Waals surface area (Å²) in [6, 6.07) is 7.10. The van der Waals surface area contributed by atoms with E-state index in [1.807, 2.05) is 0 Å². The maximum atomic E-state index is 13.8. The second-order valence-corrected chi connectivity index (χ2v) is 12.2. The molecule has 5 atom stereocenters. The van der Waals surface area contributed by atoms with E-state index in [1.165, 1.54) is 36.5 Å². The number of ether oxygens (including phenoxy) is 1. The van der Waals surface area contributed by atoms with Gasteiger partial charge in [-0.25, -0.2) is 14.1 Å². The monoisotopic (exact) mass is 607 g/mol. The minimum atomic E-state index is -4.18. The molecular formula is C24H30N7O8PS. The van der Waals surface area contributed by atoms with Gasteiger partial charge < -0.3 is 35.1 Å². The average Bonchev–Trinajstić information content (AvgIpc) is 3.48. The Morgan fingerprint density at radius 2 is 2.15 bits per heavy atom. The van der Waals surface area contributed by atoms with Crippen LogP contribution in [0.1, 0.15) is 19.0 Å². The molecule has 1 aromatic carbocycles. The highest BCUT2D eigenvalue weighted by Crippen LogP contribution is 2.47. The number of benzene rings is 1. The number of nitrogens with two attached hydrogens (primary N) is 1. The number of carbonyl (C=O) groups excluding carboxylic acids is 1. The number of esters is 1. The third kappa shape index (κ3) is 7.54. The van der Waals surface area contributed by atoms with Crippen molar-refractivity contribution in [3.8, 4) is 5.75 Å². The summed E-state index contributed by atoms with van der Waals surface area (Å²) in [7, 11) is -2.76. The molecule has 2 aromatic rings. The molecule has 1 unspecified atom stereocenters. The Bertz CT molecular complexity index is 1400.